The van der Waals surface area contributed by atoms with Crippen molar-refractivity contribution in [3.05, 3.63) is 9.90 Å². The van der Waals surface area contributed by atoms with Gasteiger partial charge in [-0.2, -0.15) is 5.10 Å². The van der Waals surface area contributed by atoms with Gasteiger partial charge in [-0.3, -0.25) is 9.89 Å². The van der Waals surface area contributed by atoms with Crippen molar-refractivity contribution in [1.82, 2.24) is 10.2 Å². The van der Waals surface area contributed by atoms with Crippen LogP contribution < -0.4 is 5.32 Å². The number of H-pyrrole nitrogens is 1. The lowest BCUT2D eigenvalue weighted by Crippen LogP contribution is -2.05. The Bertz CT molecular complexity index is 245. The third-order valence-electron chi connectivity index (χ3n) is 0.904. The summed E-state index contributed by atoms with van der Waals surface area (Å²) in [5.41, 5.74) is 0.730. The van der Waals surface area contributed by atoms with Gasteiger partial charge in [0.1, 0.15) is 3.70 Å². The number of aromatic amines is 1. The number of nitrogens with zero attached hydrogens (tertiary/aromatic N) is 1. The van der Waals surface area contributed by atoms with Crippen LogP contribution in [0.4, 0.5) is 5.69 Å². The first kappa shape index (κ1) is 7.52. The zero-order chi connectivity index (χ0) is 7.56. The Morgan fingerprint density at radius 2 is 2.60 bits per heavy atom. The summed E-state index contributed by atoms with van der Waals surface area (Å²) in [5, 5.41) is 9.04. The number of anilines is 1. The topological polar surface area (TPSA) is 57.8 Å². The summed E-state index contributed by atoms with van der Waals surface area (Å²) in [6.07, 6.45) is 1.57. The molecule has 0 bridgehead atoms. The second-order valence-corrected chi connectivity index (χ2v) is 2.86. The van der Waals surface area contributed by atoms with Crippen LogP contribution in [0.2, 0.25) is 0 Å². The molecule has 54 valence electrons. The molecular formula is C5H6IN3O. The van der Waals surface area contributed by atoms with Crippen molar-refractivity contribution in [2.75, 3.05) is 5.32 Å². The Kier molecular flexibility index (Phi) is 2.25. The van der Waals surface area contributed by atoms with Gasteiger partial charge in [-0.25, -0.2) is 0 Å². The van der Waals surface area contributed by atoms with Crippen LogP contribution >= 0.6 is 22.6 Å². The number of amides is 1. The van der Waals surface area contributed by atoms with Gasteiger partial charge >= 0.3 is 0 Å². The highest BCUT2D eigenvalue weighted by molar-refractivity contribution is 14.1. The Balaban J connectivity index is 2.74. The first-order chi connectivity index (χ1) is 4.70. The molecule has 1 amide bonds. The van der Waals surface area contributed by atoms with Crippen molar-refractivity contribution in [2.45, 2.75) is 6.92 Å². The number of hydrogen-bond acceptors (Lipinski definition) is 2. The third-order valence-corrected chi connectivity index (χ3v) is 1.73. The van der Waals surface area contributed by atoms with Gasteiger partial charge in [0.25, 0.3) is 0 Å². The smallest absolute Gasteiger partial charge is 0.221 e. The van der Waals surface area contributed by atoms with E-state index in [9.17, 15) is 4.79 Å². The van der Waals surface area contributed by atoms with Crippen molar-refractivity contribution in [3.8, 4) is 0 Å². The van der Waals surface area contributed by atoms with Gasteiger partial charge in [0, 0.05) is 6.92 Å². The van der Waals surface area contributed by atoms with Crippen LogP contribution in [0.1, 0.15) is 6.92 Å². The van der Waals surface area contributed by atoms with E-state index < -0.39 is 0 Å². The lowest BCUT2D eigenvalue weighted by Gasteiger charge is -1.95. The van der Waals surface area contributed by atoms with Crippen molar-refractivity contribution in [3.63, 3.8) is 0 Å². The Morgan fingerprint density at radius 1 is 1.90 bits per heavy atom. The lowest BCUT2D eigenvalue weighted by atomic mass is 10.5. The minimum Gasteiger partial charge on any atom is -0.323 e. The maximum absolute atomic E-state index is 10.5. The Labute approximate surface area is 71.5 Å². The summed E-state index contributed by atoms with van der Waals surface area (Å²) in [5.74, 6) is -0.0840. The molecule has 1 aromatic rings. The van der Waals surface area contributed by atoms with Gasteiger partial charge in [0.05, 0.1) is 11.9 Å². The molecule has 10 heavy (non-hydrogen) atoms. The average molecular weight is 251 g/mol. The molecule has 5 heteroatoms. The van der Waals surface area contributed by atoms with E-state index in [0.29, 0.717) is 0 Å². The third kappa shape index (κ3) is 1.69. The predicted octanol–water partition coefficient (Wildman–Crippen LogP) is 0.973. The fourth-order valence-electron chi connectivity index (χ4n) is 0.547. The minimum atomic E-state index is -0.0840. The molecule has 0 aromatic carbocycles. The van der Waals surface area contributed by atoms with Crippen LogP contribution in [0.3, 0.4) is 0 Å². The van der Waals surface area contributed by atoms with Gasteiger partial charge in [0.15, 0.2) is 0 Å². The van der Waals surface area contributed by atoms with Crippen LogP contribution in [-0.2, 0) is 4.79 Å². The number of carbonyl (C=O) groups excluding carboxylic acids is 1. The van der Waals surface area contributed by atoms with Crippen LogP contribution in [-0.4, -0.2) is 16.1 Å². The highest BCUT2D eigenvalue weighted by atomic mass is 127. The Hall–Kier alpha value is -0.590. The summed E-state index contributed by atoms with van der Waals surface area (Å²) >= 11 is 2.06. The van der Waals surface area contributed by atoms with Gasteiger partial charge in [0.2, 0.25) is 5.91 Å². The number of rotatable bonds is 1. The first-order valence-electron chi connectivity index (χ1n) is 2.66. The molecule has 0 fully saturated rings. The largest absolute Gasteiger partial charge is 0.323 e. The second-order valence-electron chi connectivity index (χ2n) is 1.78. The zero-order valence-corrected chi connectivity index (χ0v) is 7.47. The highest BCUT2D eigenvalue weighted by Crippen LogP contribution is 2.12. The molecule has 0 atom stereocenters. The second kappa shape index (κ2) is 3.00. The molecule has 0 spiro atoms. The monoisotopic (exact) mass is 251 g/mol. The van der Waals surface area contributed by atoms with Gasteiger partial charge in [-0.05, 0) is 22.6 Å². The fraction of sp³-hybridized carbons (Fsp3) is 0.200. The summed E-state index contributed by atoms with van der Waals surface area (Å²) in [6.45, 7) is 1.46. The van der Waals surface area contributed by atoms with Crippen LogP contribution in [0.5, 0.6) is 0 Å². The maximum atomic E-state index is 10.5. The number of hydrogen-bond donors (Lipinski definition) is 2. The van der Waals surface area contributed by atoms with E-state index in [-0.39, 0.29) is 5.91 Å². The molecule has 0 saturated carbocycles. The fourth-order valence-corrected chi connectivity index (χ4v) is 0.961. The molecule has 0 saturated heterocycles. The standard InChI is InChI=1S/C5H6IN3O/c1-3(10)8-4-2-7-9-5(4)6/h2H,1H3,(H,7,9)(H,8,10). The average Bonchev–Trinajstić information content (AvgIpc) is 2.15. The summed E-state index contributed by atoms with van der Waals surface area (Å²) in [7, 11) is 0. The van der Waals surface area contributed by atoms with Gasteiger partial charge < -0.3 is 5.32 Å². The van der Waals surface area contributed by atoms with E-state index in [2.05, 4.69) is 38.1 Å². The number of aromatic nitrogens is 2. The van der Waals surface area contributed by atoms with Crippen molar-refractivity contribution in [2.24, 2.45) is 0 Å². The molecule has 2 N–H and O–H groups in total. The number of carbonyl (C=O) groups is 1. The summed E-state index contributed by atoms with van der Waals surface area (Å²) < 4.78 is 0.841. The number of nitrogens with one attached hydrogen (secondary N) is 2. The molecule has 0 unspecified atom stereocenters. The molecule has 1 aromatic heterocycles. The first-order valence-corrected chi connectivity index (χ1v) is 3.74. The SMILES string of the molecule is CC(=O)Nc1cn[nH]c1I. The molecule has 4 nitrogen and oxygen atoms in total. The van der Waals surface area contributed by atoms with Crippen LogP contribution in [0, 0.1) is 3.70 Å². The van der Waals surface area contributed by atoms with E-state index in [1.165, 1.54) is 6.92 Å². The molecule has 0 radical (unpaired) electrons. The Morgan fingerprint density at radius 3 is 3.00 bits per heavy atom. The predicted molar refractivity (Wildman–Crippen MR) is 45.6 cm³/mol. The van der Waals surface area contributed by atoms with E-state index in [0.717, 1.165) is 9.39 Å². The van der Waals surface area contributed by atoms with Crippen molar-refractivity contribution >= 4 is 34.2 Å². The highest BCUT2D eigenvalue weighted by Gasteiger charge is 2.00. The lowest BCUT2D eigenvalue weighted by molar-refractivity contribution is -0.114. The normalized spacial score (nSPS) is 9.40. The molecule has 0 aliphatic rings. The van der Waals surface area contributed by atoms with Crippen molar-refractivity contribution in [1.29, 1.82) is 0 Å². The van der Waals surface area contributed by atoms with Crippen LogP contribution in [0.15, 0.2) is 6.20 Å². The summed E-state index contributed by atoms with van der Waals surface area (Å²) in [6, 6.07) is 0. The maximum Gasteiger partial charge on any atom is 0.221 e. The minimum absolute atomic E-state index is 0.0840. The summed E-state index contributed by atoms with van der Waals surface area (Å²) in [4.78, 5) is 10.5. The molecule has 0 aliphatic heterocycles. The van der Waals surface area contributed by atoms with E-state index >= 15 is 0 Å². The van der Waals surface area contributed by atoms with Gasteiger partial charge in [-0.1, -0.05) is 0 Å². The van der Waals surface area contributed by atoms with Crippen molar-refractivity contribution < 1.29 is 4.79 Å². The molecule has 1 rings (SSSR count). The quantitative estimate of drug-likeness (QED) is 0.730. The van der Waals surface area contributed by atoms with E-state index in [4.69, 9.17) is 0 Å². The van der Waals surface area contributed by atoms with Gasteiger partial charge in [-0.15, -0.1) is 0 Å². The number of halogens is 1. The molecular weight excluding hydrogens is 245 g/mol. The van der Waals surface area contributed by atoms with Crippen LogP contribution in [0.25, 0.3) is 0 Å². The van der Waals surface area contributed by atoms with E-state index in [1.54, 1.807) is 6.20 Å². The van der Waals surface area contributed by atoms with E-state index in [1.807, 2.05) is 0 Å². The molecule has 1 heterocycles. The molecule has 0 aliphatic carbocycles. The zero-order valence-electron chi connectivity index (χ0n) is 5.31.